The van der Waals surface area contributed by atoms with Crippen molar-refractivity contribution in [2.75, 3.05) is 7.05 Å². The van der Waals surface area contributed by atoms with Crippen LogP contribution in [0.1, 0.15) is 24.8 Å². The fourth-order valence-corrected chi connectivity index (χ4v) is 2.49. The van der Waals surface area contributed by atoms with E-state index >= 15 is 0 Å². The van der Waals surface area contributed by atoms with Crippen molar-refractivity contribution in [1.82, 2.24) is 5.32 Å². The van der Waals surface area contributed by atoms with Crippen molar-refractivity contribution in [1.29, 1.82) is 10.5 Å². The monoisotopic (exact) mass is 286 g/mol. The van der Waals surface area contributed by atoms with Crippen LogP contribution in [-0.4, -0.2) is 23.6 Å². The molecule has 7 nitrogen and oxygen atoms in total. The van der Waals surface area contributed by atoms with Gasteiger partial charge in [-0.2, -0.15) is 10.5 Å². The van der Waals surface area contributed by atoms with E-state index in [1.54, 1.807) is 7.05 Å². The van der Waals surface area contributed by atoms with Crippen LogP contribution in [0.15, 0.2) is 18.2 Å². The van der Waals surface area contributed by atoms with Gasteiger partial charge >= 0.3 is 5.69 Å². The number of nitro groups is 1. The molecule has 0 bridgehead atoms. The van der Waals surface area contributed by atoms with E-state index in [1.165, 1.54) is 18.2 Å². The molecule has 2 atom stereocenters. The Hall–Kier alpha value is -2.64. The second-order valence-corrected chi connectivity index (χ2v) is 4.98. The van der Waals surface area contributed by atoms with Gasteiger partial charge in [-0.1, -0.05) is 0 Å². The molecular weight excluding hydrogens is 272 g/mol. The van der Waals surface area contributed by atoms with Crippen molar-refractivity contribution >= 4 is 5.69 Å². The van der Waals surface area contributed by atoms with Crippen LogP contribution in [0, 0.1) is 32.8 Å². The maximum absolute atomic E-state index is 11.1. The topological polar surface area (TPSA) is 112 Å². The molecule has 0 aromatic heterocycles. The third kappa shape index (κ3) is 2.93. The largest absolute Gasteiger partial charge is 0.483 e. The molecule has 2 unspecified atom stereocenters. The second kappa shape index (κ2) is 5.78. The highest BCUT2D eigenvalue weighted by Gasteiger charge is 2.40. The molecule has 1 N–H and O–H groups in total. The van der Waals surface area contributed by atoms with Gasteiger partial charge in [0.15, 0.2) is 5.75 Å². The number of ether oxygens (including phenoxy) is 1. The third-order valence-corrected chi connectivity index (χ3v) is 3.74. The molecule has 1 aromatic carbocycles. The molecular formula is C14H14N4O3. The molecule has 1 aliphatic carbocycles. The average Bonchev–Trinajstić information content (AvgIpc) is 2.91. The fraction of sp³-hybridized carbons (Fsp3) is 0.429. The highest BCUT2D eigenvalue weighted by atomic mass is 16.6. The first-order chi connectivity index (χ1) is 10.0. The Labute approximate surface area is 121 Å². The number of nitro benzene ring substituents is 1. The van der Waals surface area contributed by atoms with Crippen molar-refractivity contribution in [2.24, 2.45) is 0 Å². The van der Waals surface area contributed by atoms with Crippen molar-refractivity contribution in [3.63, 3.8) is 0 Å². The Morgan fingerprint density at radius 1 is 1.52 bits per heavy atom. The fourth-order valence-electron chi connectivity index (χ4n) is 2.49. The van der Waals surface area contributed by atoms with Crippen LogP contribution in [0.3, 0.4) is 0 Å². The Balaban J connectivity index is 2.20. The van der Waals surface area contributed by atoms with Gasteiger partial charge < -0.3 is 10.1 Å². The summed E-state index contributed by atoms with van der Waals surface area (Å²) in [5.41, 5.74) is -0.651. The lowest BCUT2D eigenvalue weighted by Gasteiger charge is -2.20. The SMILES string of the molecule is CNC1(C#N)CCC(Oc2ccc(C#N)cc2[N+](=O)[O-])C1. The van der Waals surface area contributed by atoms with E-state index in [2.05, 4.69) is 11.4 Å². The van der Waals surface area contributed by atoms with Crippen molar-refractivity contribution in [2.45, 2.75) is 30.9 Å². The van der Waals surface area contributed by atoms with E-state index < -0.39 is 10.5 Å². The number of rotatable bonds is 4. The van der Waals surface area contributed by atoms with Gasteiger partial charge in [-0.25, -0.2) is 0 Å². The number of nitrogens with zero attached hydrogens (tertiary/aromatic N) is 3. The first kappa shape index (κ1) is 14.8. The van der Waals surface area contributed by atoms with Crippen LogP contribution in [0.5, 0.6) is 5.75 Å². The number of nitrogens with one attached hydrogen (secondary N) is 1. The summed E-state index contributed by atoms with van der Waals surface area (Å²) in [5.74, 6) is 0.133. The van der Waals surface area contributed by atoms with Gasteiger partial charge in [0.1, 0.15) is 11.6 Å². The summed E-state index contributed by atoms with van der Waals surface area (Å²) >= 11 is 0. The van der Waals surface area contributed by atoms with Crippen LogP contribution in [0.25, 0.3) is 0 Å². The Morgan fingerprint density at radius 2 is 2.29 bits per heavy atom. The van der Waals surface area contributed by atoms with Crippen LogP contribution in [0.2, 0.25) is 0 Å². The van der Waals surface area contributed by atoms with E-state index in [0.29, 0.717) is 19.3 Å². The normalized spacial score (nSPS) is 24.0. The Kier molecular flexibility index (Phi) is 4.06. The summed E-state index contributed by atoms with van der Waals surface area (Å²) in [6.45, 7) is 0. The molecule has 0 saturated heterocycles. The zero-order valence-corrected chi connectivity index (χ0v) is 11.5. The predicted octanol–water partition coefficient (Wildman–Crippen LogP) is 1.88. The number of hydrogen-bond acceptors (Lipinski definition) is 6. The maximum atomic E-state index is 11.1. The standard InChI is InChI=1S/C14H14N4O3/c1-17-14(9-16)5-4-11(7-14)21-13-3-2-10(8-15)6-12(13)18(19)20/h2-3,6,11,17H,4-5,7H2,1H3. The van der Waals surface area contributed by atoms with E-state index in [-0.39, 0.29) is 23.1 Å². The van der Waals surface area contributed by atoms with Crippen LogP contribution >= 0.6 is 0 Å². The van der Waals surface area contributed by atoms with E-state index in [1.807, 2.05) is 6.07 Å². The van der Waals surface area contributed by atoms with E-state index in [4.69, 9.17) is 10.00 Å². The summed E-state index contributed by atoms with van der Waals surface area (Å²) < 4.78 is 5.68. The van der Waals surface area contributed by atoms with Crippen molar-refractivity contribution in [3.05, 3.63) is 33.9 Å². The zero-order chi connectivity index (χ0) is 15.5. The molecule has 0 aliphatic heterocycles. The van der Waals surface area contributed by atoms with Gasteiger partial charge in [0.2, 0.25) is 0 Å². The molecule has 7 heteroatoms. The summed E-state index contributed by atoms with van der Waals surface area (Å²) in [6, 6.07) is 8.20. The molecule has 21 heavy (non-hydrogen) atoms. The first-order valence-electron chi connectivity index (χ1n) is 6.49. The number of hydrogen-bond donors (Lipinski definition) is 1. The van der Waals surface area contributed by atoms with Crippen LogP contribution in [0.4, 0.5) is 5.69 Å². The Morgan fingerprint density at radius 3 is 2.81 bits per heavy atom. The average molecular weight is 286 g/mol. The minimum atomic E-state index is -0.633. The minimum absolute atomic E-state index is 0.133. The van der Waals surface area contributed by atoms with Crippen LogP contribution in [-0.2, 0) is 0 Å². The van der Waals surface area contributed by atoms with E-state index in [9.17, 15) is 15.4 Å². The number of nitriles is 2. The molecule has 0 spiro atoms. The zero-order valence-electron chi connectivity index (χ0n) is 11.5. The predicted molar refractivity (Wildman–Crippen MR) is 73.5 cm³/mol. The summed E-state index contributed by atoms with van der Waals surface area (Å²) in [4.78, 5) is 10.5. The van der Waals surface area contributed by atoms with Crippen molar-refractivity contribution in [3.8, 4) is 17.9 Å². The lowest BCUT2D eigenvalue weighted by molar-refractivity contribution is -0.386. The smallest absolute Gasteiger partial charge is 0.312 e. The highest BCUT2D eigenvalue weighted by Crippen LogP contribution is 2.35. The number of benzene rings is 1. The lowest BCUT2D eigenvalue weighted by atomic mass is 10.0. The first-order valence-corrected chi connectivity index (χ1v) is 6.49. The molecule has 1 aromatic rings. The molecule has 0 heterocycles. The lowest BCUT2D eigenvalue weighted by Crippen LogP contribution is -2.39. The van der Waals surface area contributed by atoms with Gasteiger partial charge in [-0.15, -0.1) is 0 Å². The van der Waals surface area contributed by atoms with Gasteiger partial charge in [-0.3, -0.25) is 10.1 Å². The Bertz CT molecular complexity index is 647. The van der Waals surface area contributed by atoms with Gasteiger partial charge in [-0.05, 0) is 32.0 Å². The summed E-state index contributed by atoms with van der Waals surface area (Å²) in [6.07, 6.45) is 1.49. The third-order valence-electron chi connectivity index (χ3n) is 3.74. The molecule has 0 amide bonds. The molecule has 1 fully saturated rings. The molecule has 1 saturated carbocycles. The minimum Gasteiger partial charge on any atom is -0.483 e. The summed E-state index contributed by atoms with van der Waals surface area (Å²) in [7, 11) is 1.72. The maximum Gasteiger partial charge on any atom is 0.312 e. The van der Waals surface area contributed by atoms with Gasteiger partial charge in [0, 0.05) is 12.5 Å². The van der Waals surface area contributed by atoms with E-state index in [0.717, 1.165) is 0 Å². The van der Waals surface area contributed by atoms with Crippen molar-refractivity contribution < 1.29 is 9.66 Å². The highest BCUT2D eigenvalue weighted by molar-refractivity contribution is 5.51. The quantitative estimate of drug-likeness (QED) is 0.668. The molecule has 1 aliphatic rings. The van der Waals surface area contributed by atoms with Gasteiger partial charge in [0.05, 0.1) is 22.6 Å². The summed E-state index contributed by atoms with van der Waals surface area (Å²) in [5, 5.41) is 32.0. The van der Waals surface area contributed by atoms with Gasteiger partial charge in [0.25, 0.3) is 0 Å². The van der Waals surface area contributed by atoms with Crippen LogP contribution < -0.4 is 10.1 Å². The molecule has 2 rings (SSSR count). The molecule has 108 valence electrons. The molecule has 0 radical (unpaired) electrons. The second-order valence-electron chi connectivity index (χ2n) is 4.98.